The zero-order valence-electron chi connectivity index (χ0n) is 14.1. The van der Waals surface area contributed by atoms with Crippen molar-refractivity contribution in [2.24, 2.45) is 9.98 Å². The molecule has 1 heterocycles. The Kier molecular flexibility index (Phi) is 4.90. The highest BCUT2D eigenvalue weighted by atomic mass is 32.2. The predicted molar refractivity (Wildman–Crippen MR) is 104 cm³/mol. The quantitative estimate of drug-likeness (QED) is 0.819. The molecule has 0 aromatic heterocycles. The van der Waals surface area contributed by atoms with E-state index in [1.807, 2.05) is 54.7 Å². The second-order valence-corrected chi connectivity index (χ2v) is 7.88. The van der Waals surface area contributed by atoms with Gasteiger partial charge in [-0.25, -0.2) is 0 Å². The minimum absolute atomic E-state index is 0.185. The second-order valence-electron chi connectivity index (χ2n) is 6.19. The van der Waals surface area contributed by atoms with Crippen molar-refractivity contribution in [2.45, 2.75) is 18.6 Å². The molecular weight excluding hydrogens is 318 g/mol. The molecule has 124 valence electrons. The van der Waals surface area contributed by atoms with E-state index in [1.165, 1.54) is 0 Å². The van der Waals surface area contributed by atoms with Gasteiger partial charge in [0.2, 0.25) is 0 Å². The van der Waals surface area contributed by atoms with E-state index in [2.05, 4.69) is 29.1 Å². The molecule has 1 aliphatic rings. The van der Waals surface area contributed by atoms with E-state index >= 15 is 0 Å². The Hall–Kier alpha value is -2.27. The number of hydrogen-bond donors (Lipinski definition) is 1. The zero-order chi connectivity index (χ0) is 17.0. The minimum atomic E-state index is 0.185. The molecule has 0 spiro atoms. The summed E-state index contributed by atoms with van der Waals surface area (Å²) in [5, 5.41) is 4.34. The van der Waals surface area contributed by atoms with Crippen LogP contribution in [-0.4, -0.2) is 29.8 Å². The Morgan fingerprint density at radius 1 is 1.12 bits per heavy atom. The third-order valence-corrected chi connectivity index (χ3v) is 4.68. The first kappa shape index (κ1) is 16.6. The van der Waals surface area contributed by atoms with Gasteiger partial charge in [-0.05, 0) is 67.9 Å². The van der Waals surface area contributed by atoms with Crippen LogP contribution in [-0.2, 0) is 0 Å². The van der Waals surface area contributed by atoms with Crippen molar-refractivity contribution in [3.8, 4) is 5.75 Å². The molecule has 24 heavy (non-hydrogen) atoms. The van der Waals surface area contributed by atoms with Crippen LogP contribution in [0.5, 0.6) is 5.75 Å². The molecule has 0 amide bonds. The number of nitrogens with one attached hydrogen (secondary N) is 1. The van der Waals surface area contributed by atoms with Gasteiger partial charge in [0.05, 0.1) is 19.3 Å². The van der Waals surface area contributed by atoms with Crippen molar-refractivity contribution in [3.05, 3.63) is 54.1 Å². The van der Waals surface area contributed by atoms with E-state index in [9.17, 15) is 0 Å². The van der Waals surface area contributed by atoms with Gasteiger partial charge in [0.25, 0.3) is 0 Å². The summed E-state index contributed by atoms with van der Waals surface area (Å²) in [6, 6.07) is 15.8. The standard InChI is InChI=1S/C19H21N3OS/c1-19(2)13-21-18(24-19)22-16-8-6-15(7-9-16)20-12-14-4-10-17(23-3)11-5-14/h4-12H,13H2,1-3H3,(H,21,22). The second kappa shape index (κ2) is 7.09. The van der Waals surface area contributed by atoms with Crippen LogP contribution in [0.3, 0.4) is 0 Å². The zero-order valence-corrected chi connectivity index (χ0v) is 14.9. The van der Waals surface area contributed by atoms with Gasteiger partial charge < -0.3 is 10.1 Å². The van der Waals surface area contributed by atoms with E-state index in [0.717, 1.165) is 34.4 Å². The van der Waals surface area contributed by atoms with E-state index in [-0.39, 0.29) is 4.75 Å². The number of ether oxygens (including phenoxy) is 1. The Labute approximate surface area is 147 Å². The number of hydrogen-bond acceptors (Lipinski definition) is 5. The SMILES string of the molecule is COc1ccc(C=Nc2ccc(NC3=NCC(C)(C)S3)cc2)cc1. The van der Waals surface area contributed by atoms with Crippen LogP contribution < -0.4 is 10.1 Å². The molecule has 0 radical (unpaired) electrons. The molecule has 0 aliphatic carbocycles. The molecule has 0 bridgehead atoms. The number of amidine groups is 1. The summed E-state index contributed by atoms with van der Waals surface area (Å²) in [6.07, 6.45) is 1.85. The van der Waals surface area contributed by atoms with Gasteiger partial charge in [-0.2, -0.15) is 0 Å². The first-order valence-electron chi connectivity index (χ1n) is 7.83. The molecule has 0 saturated heterocycles. The van der Waals surface area contributed by atoms with Crippen LogP contribution in [0.1, 0.15) is 19.4 Å². The van der Waals surface area contributed by atoms with Crippen LogP contribution >= 0.6 is 11.8 Å². The Balaban J connectivity index is 1.61. The third kappa shape index (κ3) is 4.38. The Morgan fingerprint density at radius 3 is 2.42 bits per heavy atom. The topological polar surface area (TPSA) is 46.0 Å². The van der Waals surface area contributed by atoms with Gasteiger partial charge in [0.1, 0.15) is 5.75 Å². The fourth-order valence-electron chi connectivity index (χ4n) is 2.25. The average molecular weight is 339 g/mol. The third-order valence-electron chi connectivity index (χ3n) is 3.57. The fraction of sp³-hybridized carbons (Fsp3) is 0.263. The van der Waals surface area contributed by atoms with Crippen LogP contribution in [0.15, 0.2) is 58.5 Å². The molecule has 1 N–H and O–H groups in total. The maximum Gasteiger partial charge on any atom is 0.161 e. The van der Waals surface area contributed by atoms with Gasteiger partial charge in [-0.3, -0.25) is 9.98 Å². The van der Waals surface area contributed by atoms with Gasteiger partial charge in [0, 0.05) is 16.6 Å². The molecule has 0 unspecified atom stereocenters. The summed E-state index contributed by atoms with van der Waals surface area (Å²) in [5.41, 5.74) is 2.98. The smallest absolute Gasteiger partial charge is 0.161 e. The summed E-state index contributed by atoms with van der Waals surface area (Å²) in [4.78, 5) is 9.02. The Bertz CT molecular complexity index is 749. The van der Waals surface area contributed by atoms with Gasteiger partial charge in [-0.1, -0.05) is 11.8 Å². The number of aliphatic imine (C=N–C) groups is 2. The highest BCUT2D eigenvalue weighted by molar-refractivity contribution is 8.15. The van der Waals surface area contributed by atoms with Gasteiger partial charge in [0.15, 0.2) is 5.17 Å². The fourth-order valence-corrected chi connectivity index (χ4v) is 3.20. The summed E-state index contributed by atoms with van der Waals surface area (Å²) < 4.78 is 5.34. The average Bonchev–Trinajstić information content (AvgIpc) is 2.93. The summed E-state index contributed by atoms with van der Waals surface area (Å²) >= 11 is 1.78. The molecule has 1 aliphatic heterocycles. The Morgan fingerprint density at radius 2 is 1.83 bits per heavy atom. The molecular formula is C19H21N3OS. The molecule has 2 aromatic carbocycles. The molecule has 0 fully saturated rings. The van der Waals surface area contributed by atoms with E-state index in [0.29, 0.717) is 0 Å². The normalized spacial score (nSPS) is 16.2. The van der Waals surface area contributed by atoms with Crippen molar-refractivity contribution < 1.29 is 4.74 Å². The van der Waals surface area contributed by atoms with E-state index in [4.69, 9.17) is 4.74 Å². The van der Waals surface area contributed by atoms with Crippen LogP contribution in [0.25, 0.3) is 0 Å². The molecule has 0 atom stereocenters. The number of benzene rings is 2. The van der Waals surface area contributed by atoms with Crippen molar-refractivity contribution >= 4 is 34.5 Å². The number of thioether (sulfide) groups is 1. The van der Waals surface area contributed by atoms with Gasteiger partial charge in [-0.15, -0.1) is 0 Å². The summed E-state index contributed by atoms with van der Waals surface area (Å²) in [5.74, 6) is 0.846. The van der Waals surface area contributed by atoms with Crippen LogP contribution in [0.2, 0.25) is 0 Å². The molecule has 2 aromatic rings. The van der Waals surface area contributed by atoms with Gasteiger partial charge >= 0.3 is 0 Å². The van der Waals surface area contributed by atoms with Crippen LogP contribution in [0.4, 0.5) is 11.4 Å². The number of rotatable bonds is 4. The predicted octanol–water partition coefficient (Wildman–Crippen LogP) is 4.74. The van der Waals surface area contributed by atoms with Crippen molar-refractivity contribution in [1.29, 1.82) is 0 Å². The highest BCUT2D eigenvalue weighted by Gasteiger charge is 2.26. The molecule has 3 rings (SSSR count). The maximum absolute atomic E-state index is 5.15. The first-order valence-corrected chi connectivity index (χ1v) is 8.64. The summed E-state index contributed by atoms with van der Waals surface area (Å²) in [7, 11) is 1.66. The largest absolute Gasteiger partial charge is 0.497 e. The van der Waals surface area contributed by atoms with Crippen LogP contribution in [0, 0.1) is 0 Å². The molecule has 4 nitrogen and oxygen atoms in total. The monoisotopic (exact) mass is 339 g/mol. The lowest BCUT2D eigenvalue weighted by atomic mass is 10.2. The summed E-state index contributed by atoms with van der Waals surface area (Å²) in [6.45, 7) is 5.25. The van der Waals surface area contributed by atoms with E-state index in [1.54, 1.807) is 18.9 Å². The minimum Gasteiger partial charge on any atom is -0.497 e. The lowest BCUT2D eigenvalue weighted by Crippen LogP contribution is -2.16. The van der Waals surface area contributed by atoms with Crippen molar-refractivity contribution in [1.82, 2.24) is 0 Å². The first-order chi connectivity index (χ1) is 11.5. The lowest BCUT2D eigenvalue weighted by Gasteiger charge is -2.14. The number of methoxy groups -OCH3 is 1. The lowest BCUT2D eigenvalue weighted by molar-refractivity contribution is 0.415. The van der Waals surface area contributed by atoms with E-state index < -0.39 is 0 Å². The molecule has 5 heteroatoms. The maximum atomic E-state index is 5.15. The number of anilines is 1. The van der Waals surface area contributed by atoms with Crippen molar-refractivity contribution in [2.75, 3.05) is 19.0 Å². The molecule has 0 saturated carbocycles. The number of nitrogens with zero attached hydrogens (tertiary/aromatic N) is 2. The van der Waals surface area contributed by atoms with Crippen molar-refractivity contribution in [3.63, 3.8) is 0 Å². The highest BCUT2D eigenvalue weighted by Crippen LogP contribution is 2.32.